The number of nitrogens with one attached hydrogen (secondary N) is 7. The van der Waals surface area contributed by atoms with Crippen LogP contribution in [-0.4, -0.2) is 104 Å². The zero-order chi connectivity index (χ0) is 34.8. The lowest BCUT2D eigenvalue weighted by molar-refractivity contribution is -0.137. The van der Waals surface area contributed by atoms with Gasteiger partial charge < -0.3 is 54.4 Å². The van der Waals surface area contributed by atoms with E-state index in [2.05, 4.69) is 31.9 Å². The summed E-state index contributed by atoms with van der Waals surface area (Å²) < 4.78 is 15.0. The van der Waals surface area contributed by atoms with Crippen molar-refractivity contribution in [1.29, 1.82) is 0 Å². The highest BCUT2D eigenvalue weighted by atomic mass is 19.1. The van der Waals surface area contributed by atoms with Gasteiger partial charge in [-0.05, 0) is 64.1 Å². The van der Waals surface area contributed by atoms with E-state index in [1.165, 1.54) is 0 Å². The van der Waals surface area contributed by atoms with Crippen LogP contribution in [0.25, 0.3) is 0 Å². The van der Waals surface area contributed by atoms with Gasteiger partial charge in [0.15, 0.2) is 0 Å². The second-order valence-electron chi connectivity index (χ2n) is 11.4. The monoisotopic (exact) mass is 658 g/mol. The van der Waals surface area contributed by atoms with Crippen LogP contribution in [0.1, 0.15) is 65.7 Å². The predicted octanol–water partition coefficient (Wildman–Crippen LogP) is -3.77. The van der Waals surface area contributed by atoms with Crippen LogP contribution in [-0.2, 0) is 33.6 Å². The molecule has 0 radical (unpaired) electrons. The Morgan fingerprint density at radius 1 is 0.630 bits per heavy atom. The molecule has 0 unspecified atom stereocenters. The maximum Gasteiger partial charge on any atom is 0.276 e. The van der Waals surface area contributed by atoms with Gasteiger partial charge in [-0.1, -0.05) is 20.8 Å². The van der Waals surface area contributed by atoms with Crippen LogP contribution >= 0.6 is 0 Å². The van der Waals surface area contributed by atoms with Crippen LogP contribution in [0.2, 0.25) is 0 Å². The molecule has 0 bridgehead atoms. The molecule has 1 saturated heterocycles. The minimum absolute atomic E-state index is 0.00685. The lowest BCUT2D eigenvalue weighted by Crippen LogP contribution is -2.59. The molecule has 0 aromatic heterocycles. The summed E-state index contributed by atoms with van der Waals surface area (Å²) in [4.78, 5) is 90.4. The quantitative estimate of drug-likeness (QED) is 0.108. The van der Waals surface area contributed by atoms with Gasteiger partial charge in [-0.3, -0.25) is 33.6 Å². The van der Waals surface area contributed by atoms with Gasteiger partial charge in [0.05, 0.1) is 0 Å². The number of hydrogen-bond acceptors (Lipinski definition) is 10. The average molecular weight is 659 g/mol. The minimum atomic E-state index is -2.59. The Morgan fingerprint density at radius 3 is 1.54 bits per heavy atom. The molecule has 7 amide bonds. The van der Waals surface area contributed by atoms with Crippen molar-refractivity contribution in [3.05, 3.63) is 0 Å². The molecule has 0 aromatic rings. The molecule has 1 heterocycles. The number of alkyl halides is 1. The number of carbonyl (C=O) groups is 7. The van der Waals surface area contributed by atoms with E-state index < -0.39 is 77.9 Å². The van der Waals surface area contributed by atoms with Gasteiger partial charge in [-0.15, -0.1) is 0 Å². The lowest BCUT2D eigenvalue weighted by atomic mass is 10.0. The SMILES string of the molecule is CC[C@@H]1NC(=O)[C@H](CCN)NC(=O)[C@H](CCN)NC(=O)[C@H](CC(C)C)NC(=O)[C@@H](F)NC(=O)[C@H](CCN)NC(=O)CCCNC1=O. The molecule has 6 atom stereocenters. The summed E-state index contributed by atoms with van der Waals surface area (Å²) in [5.41, 5.74) is 16.9. The molecule has 13 N–H and O–H groups in total. The predicted molar refractivity (Wildman–Crippen MR) is 166 cm³/mol. The standard InChI is InChI=1S/C28H51FN10O7/c1-4-16-23(41)33-13-5-6-21(40)34-17(7-10-30)26(44)39-22(29)28(46)38-20(14-15(2)3)27(45)37-19(9-12-32)25(43)36-18(8-11-31)24(42)35-16/h15-20,22H,4-14,30-32H2,1-3H3,(H,33,41)(H,34,40)(H,35,42)(H,36,43)(H,37,45)(H,38,46)(H,39,44)/t16-,17-,18-,19-,20-,22-/m0/s1. The number of nitrogens with two attached hydrogens (primary N) is 3. The molecule has 0 aromatic carbocycles. The molecule has 1 aliphatic heterocycles. The summed E-state index contributed by atoms with van der Waals surface area (Å²) in [6.45, 7) is 5.16. The van der Waals surface area contributed by atoms with Crippen molar-refractivity contribution in [2.75, 3.05) is 26.2 Å². The first-order valence-corrected chi connectivity index (χ1v) is 15.6. The highest BCUT2D eigenvalue weighted by Gasteiger charge is 2.33. The second-order valence-corrected chi connectivity index (χ2v) is 11.4. The fourth-order valence-electron chi connectivity index (χ4n) is 4.57. The maximum atomic E-state index is 15.0. The molecule has 46 heavy (non-hydrogen) atoms. The maximum absolute atomic E-state index is 15.0. The van der Waals surface area contributed by atoms with Crippen LogP contribution < -0.4 is 54.4 Å². The third-order valence-corrected chi connectivity index (χ3v) is 7.04. The Balaban J connectivity index is 3.39. The van der Waals surface area contributed by atoms with Crippen LogP contribution in [0.5, 0.6) is 0 Å². The molecule has 1 aliphatic rings. The summed E-state index contributed by atoms with van der Waals surface area (Å²) in [7, 11) is 0. The van der Waals surface area contributed by atoms with E-state index in [9.17, 15) is 38.0 Å². The first-order chi connectivity index (χ1) is 21.8. The van der Waals surface area contributed by atoms with Crippen molar-refractivity contribution in [2.45, 2.75) is 102 Å². The fourth-order valence-corrected chi connectivity index (χ4v) is 4.57. The van der Waals surface area contributed by atoms with Crippen LogP contribution in [0, 0.1) is 5.92 Å². The first kappa shape index (κ1) is 40.1. The Kier molecular flexibility index (Phi) is 18.3. The molecule has 0 spiro atoms. The molecule has 0 saturated carbocycles. The zero-order valence-corrected chi connectivity index (χ0v) is 26.8. The Bertz CT molecular complexity index is 1060. The molecule has 262 valence electrons. The van der Waals surface area contributed by atoms with Crippen LogP contribution in [0.3, 0.4) is 0 Å². The van der Waals surface area contributed by atoms with Gasteiger partial charge in [0, 0.05) is 13.0 Å². The van der Waals surface area contributed by atoms with E-state index in [-0.39, 0.29) is 77.0 Å². The van der Waals surface area contributed by atoms with Crippen LogP contribution in [0.15, 0.2) is 0 Å². The van der Waals surface area contributed by atoms with Gasteiger partial charge in [-0.2, -0.15) is 0 Å². The van der Waals surface area contributed by atoms with Gasteiger partial charge in [-0.25, -0.2) is 4.39 Å². The number of rotatable bonds is 9. The molecule has 1 fully saturated rings. The molecular weight excluding hydrogens is 607 g/mol. The smallest absolute Gasteiger partial charge is 0.276 e. The van der Waals surface area contributed by atoms with Crippen molar-refractivity contribution >= 4 is 41.4 Å². The van der Waals surface area contributed by atoms with Gasteiger partial charge >= 0.3 is 0 Å². The first-order valence-electron chi connectivity index (χ1n) is 15.6. The summed E-state index contributed by atoms with van der Waals surface area (Å²) in [6.07, 6.45) is -2.39. The van der Waals surface area contributed by atoms with Crippen molar-refractivity contribution in [1.82, 2.24) is 37.2 Å². The Morgan fingerprint density at radius 2 is 1.07 bits per heavy atom. The molecule has 1 rings (SSSR count). The third kappa shape index (κ3) is 14.0. The molecular formula is C28H51FN10O7. The zero-order valence-electron chi connectivity index (χ0n) is 26.8. The van der Waals surface area contributed by atoms with E-state index in [1.54, 1.807) is 20.8 Å². The highest BCUT2D eigenvalue weighted by Crippen LogP contribution is 2.08. The number of amides is 7. The van der Waals surface area contributed by atoms with E-state index in [1.807, 2.05) is 5.32 Å². The van der Waals surface area contributed by atoms with Crippen molar-refractivity contribution < 1.29 is 38.0 Å². The Labute approximate surface area is 268 Å². The molecule has 18 heteroatoms. The topological polar surface area (TPSA) is 282 Å². The normalized spacial score (nSPS) is 27.0. The largest absolute Gasteiger partial charge is 0.354 e. The van der Waals surface area contributed by atoms with Crippen molar-refractivity contribution in [3.63, 3.8) is 0 Å². The summed E-state index contributed by atoms with van der Waals surface area (Å²) in [5.74, 6) is -5.89. The van der Waals surface area contributed by atoms with E-state index >= 15 is 0 Å². The average Bonchev–Trinajstić information content (AvgIpc) is 2.99. The lowest BCUT2D eigenvalue weighted by Gasteiger charge is -2.27. The third-order valence-electron chi connectivity index (χ3n) is 7.04. The van der Waals surface area contributed by atoms with E-state index in [0.717, 1.165) is 0 Å². The highest BCUT2D eigenvalue weighted by molar-refractivity contribution is 5.96. The summed E-state index contributed by atoms with van der Waals surface area (Å²) in [5, 5.41) is 16.9. The second kappa shape index (κ2) is 21.0. The van der Waals surface area contributed by atoms with Crippen LogP contribution in [0.4, 0.5) is 4.39 Å². The number of carbonyl (C=O) groups excluding carboxylic acids is 7. The number of halogens is 1. The van der Waals surface area contributed by atoms with Crippen molar-refractivity contribution in [3.8, 4) is 0 Å². The fraction of sp³-hybridized carbons (Fsp3) is 0.750. The Hall–Kier alpha value is -3.90. The van der Waals surface area contributed by atoms with Gasteiger partial charge in [0.1, 0.15) is 30.2 Å². The minimum Gasteiger partial charge on any atom is -0.354 e. The summed E-state index contributed by atoms with van der Waals surface area (Å²) >= 11 is 0. The van der Waals surface area contributed by atoms with E-state index in [0.29, 0.717) is 0 Å². The van der Waals surface area contributed by atoms with Crippen molar-refractivity contribution in [2.24, 2.45) is 23.1 Å². The number of hydrogen-bond donors (Lipinski definition) is 10. The summed E-state index contributed by atoms with van der Waals surface area (Å²) in [6, 6.07) is -5.95. The van der Waals surface area contributed by atoms with Gasteiger partial charge in [0.2, 0.25) is 35.4 Å². The molecule has 0 aliphatic carbocycles. The van der Waals surface area contributed by atoms with E-state index in [4.69, 9.17) is 17.2 Å². The molecule has 17 nitrogen and oxygen atoms in total. The van der Waals surface area contributed by atoms with Gasteiger partial charge in [0.25, 0.3) is 12.2 Å².